The predicted octanol–water partition coefficient (Wildman–Crippen LogP) is 4.78. The lowest BCUT2D eigenvalue weighted by Crippen LogP contribution is -2.42. The van der Waals surface area contributed by atoms with E-state index in [0.717, 1.165) is 37.9 Å². The normalized spacial score (nSPS) is 20.9. The Morgan fingerprint density at radius 2 is 1.71 bits per heavy atom. The molecule has 1 aromatic carbocycles. The molecule has 2 aliphatic rings. The third-order valence-electron chi connectivity index (χ3n) is 5.91. The molecular weight excluding hydrogens is 410 g/mol. The van der Waals surface area contributed by atoms with E-state index in [1.165, 1.54) is 11.3 Å². The van der Waals surface area contributed by atoms with Crippen LogP contribution in [0.5, 0.6) is 0 Å². The smallest absolute Gasteiger partial charge is 0.265 e. The van der Waals surface area contributed by atoms with Gasteiger partial charge in [-0.1, -0.05) is 19.9 Å². The molecule has 1 saturated carbocycles. The van der Waals surface area contributed by atoms with Crippen molar-refractivity contribution in [3.63, 3.8) is 0 Å². The minimum atomic E-state index is -0.246. The summed E-state index contributed by atoms with van der Waals surface area (Å²) in [6, 6.07) is 8.93. The SMILES string of the molecule is Cc1ccc(C(=O)N2CC(C)CC(C)C2)cc1NC(=O)c1ccc(NC(=O)C2CC2)s1. The van der Waals surface area contributed by atoms with Gasteiger partial charge in [0.25, 0.3) is 11.8 Å². The van der Waals surface area contributed by atoms with Crippen LogP contribution >= 0.6 is 11.3 Å². The highest BCUT2D eigenvalue weighted by atomic mass is 32.1. The first-order chi connectivity index (χ1) is 14.8. The van der Waals surface area contributed by atoms with Crippen molar-refractivity contribution in [3.05, 3.63) is 46.3 Å². The van der Waals surface area contributed by atoms with E-state index in [4.69, 9.17) is 0 Å². The molecule has 0 spiro atoms. The number of carbonyl (C=O) groups excluding carboxylic acids is 3. The van der Waals surface area contributed by atoms with E-state index in [1.54, 1.807) is 18.2 Å². The third-order valence-corrected chi connectivity index (χ3v) is 6.91. The van der Waals surface area contributed by atoms with Crippen molar-refractivity contribution >= 4 is 39.7 Å². The van der Waals surface area contributed by atoms with Gasteiger partial charge in [0, 0.05) is 30.3 Å². The van der Waals surface area contributed by atoms with E-state index < -0.39 is 0 Å². The minimum absolute atomic E-state index is 0.00935. The van der Waals surface area contributed by atoms with Crippen molar-refractivity contribution in [2.45, 2.75) is 40.0 Å². The second kappa shape index (κ2) is 8.83. The molecule has 0 bridgehead atoms. The molecule has 1 saturated heterocycles. The molecule has 2 heterocycles. The average Bonchev–Trinajstić information content (AvgIpc) is 3.47. The van der Waals surface area contributed by atoms with Gasteiger partial charge in [0.1, 0.15) is 0 Å². The molecule has 7 heteroatoms. The molecular formula is C24H29N3O3S. The number of aryl methyl sites for hydroxylation is 1. The zero-order valence-corrected chi connectivity index (χ0v) is 19.1. The number of anilines is 2. The lowest BCUT2D eigenvalue weighted by molar-refractivity contribution is -0.117. The Morgan fingerprint density at radius 3 is 2.39 bits per heavy atom. The van der Waals surface area contributed by atoms with Crippen LogP contribution in [0.1, 0.15) is 58.7 Å². The summed E-state index contributed by atoms with van der Waals surface area (Å²) in [5, 5.41) is 6.48. The Morgan fingerprint density at radius 1 is 1.00 bits per heavy atom. The van der Waals surface area contributed by atoms with Gasteiger partial charge in [0.2, 0.25) is 5.91 Å². The van der Waals surface area contributed by atoms with Crippen molar-refractivity contribution < 1.29 is 14.4 Å². The lowest BCUT2D eigenvalue weighted by atomic mass is 9.91. The molecule has 3 amide bonds. The molecule has 2 N–H and O–H groups in total. The first-order valence-electron chi connectivity index (χ1n) is 10.9. The van der Waals surface area contributed by atoms with Gasteiger partial charge in [-0.05, 0) is 67.9 Å². The van der Waals surface area contributed by atoms with Crippen LogP contribution in [0.15, 0.2) is 30.3 Å². The van der Waals surface area contributed by atoms with Crippen LogP contribution in [-0.2, 0) is 4.79 Å². The van der Waals surface area contributed by atoms with E-state index >= 15 is 0 Å². The first-order valence-corrected chi connectivity index (χ1v) is 11.7. The van der Waals surface area contributed by atoms with Crippen molar-refractivity contribution in [2.75, 3.05) is 23.7 Å². The molecule has 6 nitrogen and oxygen atoms in total. The summed E-state index contributed by atoms with van der Waals surface area (Å²) in [7, 11) is 0. The van der Waals surface area contributed by atoms with Crippen LogP contribution in [-0.4, -0.2) is 35.7 Å². The molecule has 1 aliphatic carbocycles. The van der Waals surface area contributed by atoms with Crippen LogP contribution in [0.3, 0.4) is 0 Å². The zero-order valence-electron chi connectivity index (χ0n) is 18.2. The van der Waals surface area contributed by atoms with E-state index in [0.29, 0.717) is 33.0 Å². The van der Waals surface area contributed by atoms with Gasteiger partial charge in [-0.25, -0.2) is 0 Å². The van der Waals surface area contributed by atoms with E-state index in [-0.39, 0.29) is 23.6 Å². The average molecular weight is 440 g/mol. The number of carbonyl (C=O) groups is 3. The Balaban J connectivity index is 1.44. The fourth-order valence-corrected chi connectivity index (χ4v) is 4.99. The number of hydrogen-bond acceptors (Lipinski definition) is 4. The molecule has 4 rings (SSSR count). The summed E-state index contributed by atoms with van der Waals surface area (Å²) in [6.07, 6.45) is 3.02. The summed E-state index contributed by atoms with van der Waals surface area (Å²) in [4.78, 5) is 40.2. The maximum absolute atomic E-state index is 13.1. The number of thiophene rings is 1. The van der Waals surface area contributed by atoms with Crippen LogP contribution in [0.2, 0.25) is 0 Å². The van der Waals surface area contributed by atoms with Crippen LogP contribution in [0.25, 0.3) is 0 Å². The largest absolute Gasteiger partial charge is 0.338 e. The quantitative estimate of drug-likeness (QED) is 0.704. The second-order valence-electron chi connectivity index (χ2n) is 9.07. The standard InChI is InChI=1S/C24H29N3O3S/c1-14-10-15(2)13-27(12-14)24(30)18-5-4-16(3)19(11-18)25-23(29)20-8-9-21(31-20)26-22(28)17-6-7-17/h4-5,8-9,11,14-15,17H,6-7,10,12-13H2,1-3H3,(H,25,29)(H,26,28). The molecule has 1 aliphatic heterocycles. The van der Waals surface area contributed by atoms with Gasteiger partial charge in [-0.3, -0.25) is 14.4 Å². The maximum atomic E-state index is 13.1. The fourth-order valence-electron chi connectivity index (χ4n) is 4.18. The molecule has 0 radical (unpaired) electrons. The Labute approximate surface area is 187 Å². The molecule has 2 fully saturated rings. The van der Waals surface area contributed by atoms with Crippen molar-refractivity contribution in [1.29, 1.82) is 0 Å². The monoisotopic (exact) mass is 439 g/mol. The number of likely N-dealkylation sites (tertiary alicyclic amines) is 1. The number of nitrogens with one attached hydrogen (secondary N) is 2. The fraction of sp³-hybridized carbons (Fsp3) is 0.458. The summed E-state index contributed by atoms with van der Waals surface area (Å²) in [5.41, 5.74) is 2.11. The van der Waals surface area contributed by atoms with Gasteiger partial charge >= 0.3 is 0 Å². The number of rotatable bonds is 5. The van der Waals surface area contributed by atoms with Crippen LogP contribution in [0.4, 0.5) is 10.7 Å². The number of nitrogens with zero attached hydrogens (tertiary/aromatic N) is 1. The van der Waals surface area contributed by atoms with Crippen LogP contribution in [0, 0.1) is 24.7 Å². The Hall–Kier alpha value is -2.67. The lowest BCUT2D eigenvalue weighted by Gasteiger charge is -2.35. The Bertz CT molecular complexity index is 1000. The second-order valence-corrected chi connectivity index (χ2v) is 10.2. The van der Waals surface area contributed by atoms with E-state index in [9.17, 15) is 14.4 Å². The Kier molecular flexibility index (Phi) is 6.14. The highest BCUT2D eigenvalue weighted by molar-refractivity contribution is 7.18. The van der Waals surface area contributed by atoms with E-state index in [2.05, 4.69) is 24.5 Å². The van der Waals surface area contributed by atoms with Crippen molar-refractivity contribution in [3.8, 4) is 0 Å². The molecule has 1 aromatic heterocycles. The third kappa shape index (κ3) is 5.15. The minimum Gasteiger partial charge on any atom is -0.338 e. The zero-order chi connectivity index (χ0) is 22.1. The first kappa shape index (κ1) is 21.6. The van der Waals surface area contributed by atoms with E-state index in [1.807, 2.05) is 24.0 Å². The van der Waals surface area contributed by atoms with Gasteiger partial charge in [-0.15, -0.1) is 11.3 Å². The number of amides is 3. The molecule has 164 valence electrons. The van der Waals surface area contributed by atoms with Gasteiger partial charge in [0.15, 0.2) is 0 Å². The summed E-state index contributed by atoms with van der Waals surface area (Å²) in [6.45, 7) is 7.80. The molecule has 31 heavy (non-hydrogen) atoms. The summed E-state index contributed by atoms with van der Waals surface area (Å²) >= 11 is 1.25. The maximum Gasteiger partial charge on any atom is 0.265 e. The summed E-state index contributed by atoms with van der Waals surface area (Å²) < 4.78 is 0. The number of piperidine rings is 1. The molecule has 2 aromatic rings. The highest BCUT2D eigenvalue weighted by Crippen LogP contribution is 2.32. The van der Waals surface area contributed by atoms with Gasteiger partial charge in [0.05, 0.1) is 9.88 Å². The molecule has 2 atom stereocenters. The van der Waals surface area contributed by atoms with Gasteiger partial charge in [-0.2, -0.15) is 0 Å². The summed E-state index contributed by atoms with van der Waals surface area (Å²) in [5.74, 6) is 0.891. The van der Waals surface area contributed by atoms with Crippen molar-refractivity contribution in [2.24, 2.45) is 17.8 Å². The predicted molar refractivity (Wildman–Crippen MR) is 124 cm³/mol. The highest BCUT2D eigenvalue weighted by Gasteiger charge is 2.30. The topological polar surface area (TPSA) is 78.5 Å². The number of hydrogen-bond donors (Lipinski definition) is 2. The van der Waals surface area contributed by atoms with Crippen LogP contribution < -0.4 is 10.6 Å². The van der Waals surface area contributed by atoms with Gasteiger partial charge < -0.3 is 15.5 Å². The van der Waals surface area contributed by atoms with Crippen molar-refractivity contribution in [1.82, 2.24) is 4.90 Å². The molecule has 2 unspecified atom stereocenters. The number of benzene rings is 1.